The molecule has 1 fully saturated rings. The van der Waals surface area contributed by atoms with E-state index in [0.29, 0.717) is 29.6 Å². The number of hydrogen-bond acceptors (Lipinski definition) is 5. The minimum atomic E-state index is -0.249. The molecule has 2 amide bonds. The Morgan fingerprint density at radius 1 is 1.24 bits per heavy atom. The van der Waals surface area contributed by atoms with Crippen molar-refractivity contribution < 1.29 is 19.1 Å². The second kappa shape index (κ2) is 6.67. The molecule has 21 heavy (non-hydrogen) atoms. The van der Waals surface area contributed by atoms with E-state index in [4.69, 9.17) is 9.47 Å². The summed E-state index contributed by atoms with van der Waals surface area (Å²) in [6.07, 6.45) is 1.70. The maximum Gasteiger partial charge on any atom is 0.293 e. The van der Waals surface area contributed by atoms with Crippen LogP contribution in [0.1, 0.15) is 19.4 Å². The molecular weight excluding hydrogens is 290 g/mol. The van der Waals surface area contributed by atoms with Gasteiger partial charge >= 0.3 is 0 Å². The molecular formula is C15H17NO4S. The quantitative estimate of drug-likeness (QED) is 0.782. The highest BCUT2D eigenvalue weighted by Crippen LogP contribution is 2.34. The number of amides is 2. The lowest BCUT2D eigenvalue weighted by atomic mass is 10.2. The summed E-state index contributed by atoms with van der Waals surface area (Å²) in [5, 5.41) is -0.229. The Labute approximate surface area is 127 Å². The molecule has 0 bridgehead atoms. The zero-order valence-electron chi connectivity index (χ0n) is 12.2. The van der Waals surface area contributed by atoms with Gasteiger partial charge in [0.1, 0.15) is 0 Å². The Morgan fingerprint density at radius 3 is 2.57 bits per heavy atom. The van der Waals surface area contributed by atoms with E-state index in [1.165, 1.54) is 4.90 Å². The van der Waals surface area contributed by atoms with Gasteiger partial charge < -0.3 is 9.47 Å². The predicted molar refractivity (Wildman–Crippen MR) is 82.5 cm³/mol. The van der Waals surface area contributed by atoms with Crippen molar-refractivity contribution in [2.45, 2.75) is 13.8 Å². The molecule has 1 aliphatic rings. The maximum atomic E-state index is 12.0. The van der Waals surface area contributed by atoms with E-state index in [0.717, 1.165) is 17.3 Å². The predicted octanol–water partition coefficient (Wildman–Crippen LogP) is 3.15. The fraction of sp³-hybridized carbons (Fsp3) is 0.333. The van der Waals surface area contributed by atoms with Crippen LogP contribution in [0.4, 0.5) is 4.79 Å². The topological polar surface area (TPSA) is 55.8 Å². The molecule has 0 aliphatic carbocycles. The Kier molecular flexibility index (Phi) is 4.90. The van der Waals surface area contributed by atoms with E-state index in [2.05, 4.69) is 0 Å². The van der Waals surface area contributed by atoms with Crippen LogP contribution in [0.2, 0.25) is 0 Å². The largest absolute Gasteiger partial charge is 0.493 e. The Morgan fingerprint density at radius 2 is 2.00 bits per heavy atom. The van der Waals surface area contributed by atoms with Crippen molar-refractivity contribution >= 4 is 29.0 Å². The van der Waals surface area contributed by atoms with Crippen molar-refractivity contribution in [3.05, 3.63) is 28.7 Å². The second-order valence-corrected chi connectivity index (χ2v) is 5.26. The van der Waals surface area contributed by atoms with E-state index < -0.39 is 0 Å². The lowest BCUT2D eigenvalue weighted by molar-refractivity contribution is -0.122. The van der Waals surface area contributed by atoms with Crippen LogP contribution in [-0.2, 0) is 4.79 Å². The highest BCUT2D eigenvalue weighted by Gasteiger charge is 2.33. The lowest BCUT2D eigenvalue weighted by Gasteiger charge is -2.10. The third-order valence-electron chi connectivity index (χ3n) is 2.98. The molecule has 1 aromatic carbocycles. The molecule has 1 aromatic rings. The van der Waals surface area contributed by atoms with E-state index in [-0.39, 0.29) is 11.1 Å². The van der Waals surface area contributed by atoms with Gasteiger partial charge in [0.2, 0.25) is 0 Å². The normalized spacial score (nSPS) is 16.7. The smallest absolute Gasteiger partial charge is 0.293 e. The van der Waals surface area contributed by atoms with Crippen LogP contribution in [0, 0.1) is 0 Å². The number of likely N-dealkylation sites (N-methyl/N-ethyl adjacent to an activating group) is 1. The number of thioether (sulfide) groups is 1. The Bertz CT molecular complexity index is 597. The zero-order chi connectivity index (χ0) is 15.4. The number of carbonyl (C=O) groups excluding carboxylic acids is 2. The molecule has 1 heterocycles. The summed E-state index contributed by atoms with van der Waals surface area (Å²) in [5.74, 6) is 1.00. The zero-order valence-corrected chi connectivity index (χ0v) is 13.0. The number of hydrogen-bond donors (Lipinski definition) is 0. The average molecular weight is 307 g/mol. The third kappa shape index (κ3) is 3.21. The highest BCUT2D eigenvalue weighted by atomic mass is 32.2. The number of benzene rings is 1. The summed E-state index contributed by atoms with van der Waals surface area (Å²) in [7, 11) is 1.57. The van der Waals surface area contributed by atoms with Gasteiger partial charge in [0.15, 0.2) is 11.5 Å². The molecule has 0 atom stereocenters. The molecule has 2 rings (SSSR count). The molecule has 0 radical (unpaired) electrons. The molecule has 0 spiro atoms. The standard InChI is InChI=1S/C15H17NO4S/c1-4-16-14(17)13(21-15(16)18)9-10-6-7-11(19-3)12(8-10)20-5-2/h6-9H,4-5H2,1-3H3. The minimum absolute atomic E-state index is 0.229. The van der Waals surface area contributed by atoms with Crippen LogP contribution in [-0.4, -0.2) is 36.3 Å². The number of ether oxygens (including phenoxy) is 2. The molecule has 0 saturated carbocycles. The maximum absolute atomic E-state index is 12.0. The van der Waals surface area contributed by atoms with Crippen molar-refractivity contribution in [2.75, 3.05) is 20.3 Å². The molecule has 5 nitrogen and oxygen atoms in total. The van der Waals surface area contributed by atoms with Gasteiger partial charge in [0, 0.05) is 6.54 Å². The molecule has 1 aliphatic heterocycles. The Balaban J connectivity index is 2.31. The van der Waals surface area contributed by atoms with Gasteiger partial charge in [-0.2, -0.15) is 0 Å². The van der Waals surface area contributed by atoms with Gasteiger partial charge in [-0.1, -0.05) is 6.07 Å². The molecule has 0 N–H and O–H groups in total. The first kappa shape index (κ1) is 15.4. The summed E-state index contributed by atoms with van der Waals surface area (Å²) in [6, 6.07) is 5.39. The van der Waals surface area contributed by atoms with Crippen molar-refractivity contribution in [3.8, 4) is 11.5 Å². The summed E-state index contributed by atoms with van der Waals surface area (Å²) in [5.41, 5.74) is 0.792. The molecule has 6 heteroatoms. The van der Waals surface area contributed by atoms with Crippen LogP contribution in [0.5, 0.6) is 11.5 Å². The fourth-order valence-electron chi connectivity index (χ4n) is 1.98. The summed E-state index contributed by atoms with van der Waals surface area (Å²) in [6.45, 7) is 4.57. The van der Waals surface area contributed by atoms with E-state index in [1.54, 1.807) is 32.2 Å². The number of rotatable bonds is 5. The summed E-state index contributed by atoms with van der Waals surface area (Å²) < 4.78 is 10.7. The third-order valence-corrected chi connectivity index (χ3v) is 3.88. The van der Waals surface area contributed by atoms with Crippen LogP contribution in [0.3, 0.4) is 0 Å². The molecule has 112 valence electrons. The van der Waals surface area contributed by atoms with Gasteiger partial charge in [-0.3, -0.25) is 14.5 Å². The number of carbonyl (C=O) groups is 2. The summed E-state index contributed by atoms with van der Waals surface area (Å²) in [4.78, 5) is 25.4. The van der Waals surface area contributed by atoms with Gasteiger partial charge in [-0.05, 0) is 49.4 Å². The van der Waals surface area contributed by atoms with Crippen molar-refractivity contribution in [1.82, 2.24) is 4.90 Å². The first-order valence-corrected chi connectivity index (χ1v) is 7.48. The van der Waals surface area contributed by atoms with Gasteiger partial charge in [0.05, 0.1) is 18.6 Å². The summed E-state index contributed by atoms with van der Waals surface area (Å²) >= 11 is 0.957. The first-order chi connectivity index (χ1) is 10.1. The van der Waals surface area contributed by atoms with Crippen LogP contribution >= 0.6 is 11.8 Å². The van der Waals surface area contributed by atoms with Gasteiger partial charge in [0.25, 0.3) is 11.1 Å². The molecule has 0 aromatic heterocycles. The van der Waals surface area contributed by atoms with Crippen LogP contribution in [0.25, 0.3) is 6.08 Å². The first-order valence-electron chi connectivity index (χ1n) is 6.66. The lowest BCUT2D eigenvalue weighted by Crippen LogP contribution is -2.27. The highest BCUT2D eigenvalue weighted by molar-refractivity contribution is 8.18. The van der Waals surface area contributed by atoms with Crippen LogP contribution in [0.15, 0.2) is 23.1 Å². The van der Waals surface area contributed by atoms with E-state index in [1.807, 2.05) is 13.0 Å². The number of methoxy groups -OCH3 is 1. The van der Waals surface area contributed by atoms with Crippen molar-refractivity contribution in [1.29, 1.82) is 0 Å². The van der Waals surface area contributed by atoms with Crippen LogP contribution < -0.4 is 9.47 Å². The van der Waals surface area contributed by atoms with Crippen molar-refractivity contribution in [3.63, 3.8) is 0 Å². The number of imide groups is 1. The SMILES string of the molecule is CCOc1cc(C=C2SC(=O)N(CC)C2=O)ccc1OC. The minimum Gasteiger partial charge on any atom is -0.493 e. The number of nitrogens with zero attached hydrogens (tertiary/aromatic N) is 1. The van der Waals surface area contributed by atoms with Gasteiger partial charge in [-0.25, -0.2) is 0 Å². The van der Waals surface area contributed by atoms with Gasteiger partial charge in [-0.15, -0.1) is 0 Å². The van der Waals surface area contributed by atoms with E-state index in [9.17, 15) is 9.59 Å². The van der Waals surface area contributed by atoms with Crippen molar-refractivity contribution in [2.24, 2.45) is 0 Å². The average Bonchev–Trinajstić information content (AvgIpc) is 2.73. The monoisotopic (exact) mass is 307 g/mol. The molecule has 0 unspecified atom stereocenters. The molecule has 1 saturated heterocycles. The Hall–Kier alpha value is -1.95. The second-order valence-electron chi connectivity index (χ2n) is 4.27. The van der Waals surface area contributed by atoms with E-state index >= 15 is 0 Å². The fourth-order valence-corrected chi connectivity index (χ4v) is 2.88.